The number of carbonyl (C=O) groups is 1. The van der Waals surface area contributed by atoms with Gasteiger partial charge in [0.1, 0.15) is 0 Å². The summed E-state index contributed by atoms with van der Waals surface area (Å²) in [5, 5.41) is 0. The molecule has 0 radical (unpaired) electrons. The summed E-state index contributed by atoms with van der Waals surface area (Å²) in [6.07, 6.45) is 0. The molecular formula is C14H25N3OS. The summed E-state index contributed by atoms with van der Waals surface area (Å²) < 4.78 is 0. The van der Waals surface area contributed by atoms with Crippen LogP contribution in [0.3, 0.4) is 0 Å². The summed E-state index contributed by atoms with van der Waals surface area (Å²) in [4.78, 5) is 18.2. The number of nitrogens with two attached hydrogens (primary N) is 1. The zero-order valence-electron chi connectivity index (χ0n) is 12.5. The van der Waals surface area contributed by atoms with Crippen LogP contribution in [0.4, 0.5) is 0 Å². The molecule has 0 aliphatic heterocycles. The second-order valence-electron chi connectivity index (χ2n) is 5.10. The predicted molar refractivity (Wildman–Crippen MR) is 81.4 cm³/mol. The number of carbonyl (C=O) groups excluding carboxylic acids is 1. The van der Waals surface area contributed by atoms with Crippen molar-refractivity contribution in [2.75, 3.05) is 27.2 Å². The molecule has 0 saturated carbocycles. The first-order valence-electron chi connectivity index (χ1n) is 6.63. The maximum Gasteiger partial charge on any atom is 0.236 e. The molecule has 4 nitrogen and oxygen atoms in total. The topological polar surface area (TPSA) is 49.6 Å². The molecule has 0 bridgehead atoms. The zero-order chi connectivity index (χ0) is 14.6. The summed E-state index contributed by atoms with van der Waals surface area (Å²) in [5.41, 5.74) is 6.15. The summed E-state index contributed by atoms with van der Waals surface area (Å²) in [5.74, 6) is 0.112. The van der Waals surface area contributed by atoms with Gasteiger partial charge in [0, 0.05) is 29.9 Å². The average molecular weight is 283 g/mol. The van der Waals surface area contributed by atoms with E-state index >= 15 is 0 Å². The van der Waals surface area contributed by atoms with E-state index in [4.69, 9.17) is 5.73 Å². The van der Waals surface area contributed by atoms with Gasteiger partial charge in [-0.1, -0.05) is 6.92 Å². The van der Waals surface area contributed by atoms with Gasteiger partial charge in [-0.05, 0) is 32.5 Å². The van der Waals surface area contributed by atoms with Crippen molar-refractivity contribution in [1.82, 2.24) is 9.80 Å². The van der Waals surface area contributed by atoms with E-state index in [0.717, 1.165) is 6.54 Å². The number of hydrogen-bond donors (Lipinski definition) is 1. The molecule has 1 amide bonds. The Kier molecular flexibility index (Phi) is 5.97. The van der Waals surface area contributed by atoms with E-state index in [9.17, 15) is 4.79 Å². The Balaban J connectivity index is 2.92. The van der Waals surface area contributed by atoms with E-state index in [2.05, 4.69) is 30.9 Å². The maximum atomic E-state index is 11.9. The molecule has 19 heavy (non-hydrogen) atoms. The third-order valence-electron chi connectivity index (χ3n) is 3.19. The van der Waals surface area contributed by atoms with Crippen molar-refractivity contribution in [3.8, 4) is 0 Å². The molecule has 2 N–H and O–H groups in total. The number of likely N-dealkylation sites (N-methyl/N-ethyl adjacent to an activating group) is 2. The highest BCUT2D eigenvalue weighted by Crippen LogP contribution is 2.29. The fourth-order valence-electron chi connectivity index (χ4n) is 2.11. The van der Waals surface area contributed by atoms with Crippen LogP contribution in [0.15, 0.2) is 12.1 Å². The number of amides is 1. The standard InChI is InChI=1S/C14H25N3OS/c1-6-17(9-13(18)16(4)5)14(11(3)15)12-8-7-10(2)19-12/h7-8,11,14H,6,9,15H2,1-5H3. The first-order chi connectivity index (χ1) is 8.86. The van der Waals surface area contributed by atoms with Crippen molar-refractivity contribution in [2.24, 2.45) is 5.73 Å². The van der Waals surface area contributed by atoms with Gasteiger partial charge in [0.2, 0.25) is 5.91 Å². The molecule has 2 atom stereocenters. The second kappa shape index (κ2) is 7.03. The lowest BCUT2D eigenvalue weighted by Gasteiger charge is -2.33. The van der Waals surface area contributed by atoms with Gasteiger partial charge in [0.15, 0.2) is 0 Å². The lowest BCUT2D eigenvalue weighted by molar-refractivity contribution is -0.130. The van der Waals surface area contributed by atoms with Crippen molar-refractivity contribution in [3.63, 3.8) is 0 Å². The number of nitrogens with zero attached hydrogens (tertiary/aromatic N) is 2. The molecular weight excluding hydrogens is 258 g/mol. The number of thiophene rings is 1. The van der Waals surface area contributed by atoms with Crippen molar-refractivity contribution in [3.05, 3.63) is 21.9 Å². The van der Waals surface area contributed by atoms with Crippen molar-refractivity contribution < 1.29 is 4.79 Å². The van der Waals surface area contributed by atoms with Gasteiger partial charge in [0.05, 0.1) is 12.6 Å². The Labute approximate surface area is 120 Å². The molecule has 1 aromatic heterocycles. The summed E-state index contributed by atoms with van der Waals surface area (Å²) in [7, 11) is 3.57. The predicted octanol–water partition coefficient (Wildman–Crippen LogP) is 1.85. The quantitative estimate of drug-likeness (QED) is 0.867. The van der Waals surface area contributed by atoms with Crippen molar-refractivity contribution in [2.45, 2.75) is 32.9 Å². The normalized spacial score (nSPS) is 14.5. The monoisotopic (exact) mass is 283 g/mol. The van der Waals surface area contributed by atoms with Gasteiger partial charge in [0.25, 0.3) is 0 Å². The number of hydrogen-bond acceptors (Lipinski definition) is 4. The minimum Gasteiger partial charge on any atom is -0.348 e. The highest BCUT2D eigenvalue weighted by molar-refractivity contribution is 7.12. The van der Waals surface area contributed by atoms with Gasteiger partial charge >= 0.3 is 0 Å². The fourth-order valence-corrected chi connectivity index (χ4v) is 3.23. The summed E-state index contributed by atoms with van der Waals surface area (Å²) >= 11 is 1.76. The van der Waals surface area contributed by atoms with Crippen LogP contribution in [-0.2, 0) is 4.79 Å². The van der Waals surface area contributed by atoms with Crippen LogP contribution in [0, 0.1) is 6.92 Å². The third-order valence-corrected chi connectivity index (χ3v) is 4.26. The molecule has 0 aliphatic carbocycles. The first-order valence-corrected chi connectivity index (χ1v) is 7.44. The second-order valence-corrected chi connectivity index (χ2v) is 6.42. The lowest BCUT2D eigenvalue weighted by atomic mass is 10.1. The molecule has 1 rings (SSSR count). The number of rotatable bonds is 6. The first kappa shape index (κ1) is 16.1. The minimum atomic E-state index is -0.00652. The number of aryl methyl sites for hydroxylation is 1. The Morgan fingerprint density at radius 1 is 1.42 bits per heavy atom. The lowest BCUT2D eigenvalue weighted by Crippen LogP contribution is -2.44. The maximum absolute atomic E-state index is 11.9. The van der Waals surface area contributed by atoms with Crippen LogP contribution >= 0.6 is 11.3 Å². The van der Waals surface area contributed by atoms with Crippen LogP contribution in [0.2, 0.25) is 0 Å². The fraction of sp³-hybridized carbons (Fsp3) is 0.643. The molecule has 5 heteroatoms. The Hall–Kier alpha value is -0.910. The third kappa shape index (κ3) is 4.30. The van der Waals surface area contributed by atoms with E-state index in [1.165, 1.54) is 9.75 Å². The smallest absolute Gasteiger partial charge is 0.236 e. The highest BCUT2D eigenvalue weighted by atomic mass is 32.1. The highest BCUT2D eigenvalue weighted by Gasteiger charge is 2.26. The van der Waals surface area contributed by atoms with Crippen LogP contribution in [0.1, 0.15) is 29.6 Å². The molecule has 0 spiro atoms. The van der Waals surface area contributed by atoms with Crippen LogP contribution < -0.4 is 5.73 Å². The summed E-state index contributed by atoms with van der Waals surface area (Å²) in [6.45, 7) is 7.38. The Morgan fingerprint density at radius 2 is 2.05 bits per heavy atom. The molecule has 0 fully saturated rings. The van der Waals surface area contributed by atoms with Crippen molar-refractivity contribution in [1.29, 1.82) is 0 Å². The Morgan fingerprint density at radius 3 is 2.42 bits per heavy atom. The van der Waals surface area contributed by atoms with E-state index in [1.54, 1.807) is 30.3 Å². The van der Waals surface area contributed by atoms with Gasteiger partial charge in [-0.3, -0.25) is 9.69 Å². The average Bonchev–Trinajstić information content (AvgIpc) is 2.73. The molecule has 1 heterocycles. The molecule has 0 aromatic carbocycles. The molecule has 1 aromatic rings. The largest absolute Gasteiger partial charge is 0.348 e. The van der Waals surface area contributed by atoms with E-state index in [0.29, 0.717) is 6.54 Å². The van der Waals surface area contributed by atoms with Crippen LogP contribution in [0.5, 0.6) is 0 Å². The molecule has 2 unspecified atom stereocenters. The van der Waals surface area contributed by atoms with Gasteiger partial charge in [-0.25, -0.2) is 0 Å². The van der Waals surface area contributed by atoms with Gasteiger partial charge < -0.3 is 10.6 Å². The molecule has 0 aliphatic rings. The van der Waals surface area contributed by atoms with Gasteiger partial charge in [-0.2, -0.15) is 0 Å². The zero-order valence-corrected chi connectivity index (χ0v) is 13.3. The van der Waals surface area contributed by atoms with E-state index < -0.39 is 0 Å². The summed E-state index contributed by atoms with van der Waals surface area (Å²) in [6, 6.07) is 4.33. The SMILES string of the molecule is CCN(CC(=O)N(C)C)C(c1ccc(C)s1)C(C)N. The molecule has 0 saturated heterocycles. The van der Waals surface area contributed by atoms with E-state index in [1.807, 2.05) is 6.92 Å². The minimum absolute atomic E-state index is 0.00652. The van der Waals surface area contributed by atoms with E-state index in [-0.39, 0.29) is 18.0 Å². The Bertz CT molecular complexity index is 415. The van der Waals surface area contributed by atoms with Crippen molar-refractivity contribution >= 4 is 17.2 Å². The molecule has 108 valence electrons. The van der Waals surface area contributed by atoms with Crippen LogP contribution in [-0.4, -0.2) is 48.9 Å². The van der Waals surface area contributed by atoms with Gasteiger partial charge in [-0.15, -0.1) is 11.3 Å². The van der Waals surface area contributed by atoms with Crippen LogP contribution in [0.25, 0.3) is 0 Å².